The Bertz CT molecular complexity index is 685. The van der Waals surface area contributed by atoms with Crippen LogP contribution in [0, 0.1) is 0 Å². The van der Waals surface area contributed by atoms with Crippen molar-refractivity contribution in [2.45, 2.75) is 12.7 Å². The fourth-order valence-corrected chi connectivity index (χ4v) is 2.18. The number of anilines is 1. The summed E-state index contributed by atoms with van der Waals surface area (Å²) in [4.78, 5) is 11.8. The van der Waals surface area contributed by atoms with Crippen molar-refractivity contribution in [2.24, 2.45) is 0 Å². The first-order chi connectivity index (χ1) is 11.4. The predicted octanol–water partition coefficient (Wildman–Crippen LogP) is 2.42. The van der Waals surface area contributed by atoms with Crippen LogP contribution in [0.1, 0.15) is 11.1 Å². The first-order valence-corrected chi connectivity index (χ1v) is 7.31. The van der Waals surface area contributed by atoms with E-state index in [0.29, 0.717) is 12.2 Å². The van der Waals surface area contributed by atoms with Crippen molar-refractivity contribution in [3.63, 3.8) is 0 Å². The number of nitrogens with two attached hydrogens (primary N) is 1. The summed E-state index contributed by atoms with van der Waals surface area (Å²) in [6.07, 6.45) is -4.38. The first-order valence-electron chi connectivity index (χ1n) is 7.31. The van der Waals surface area contributed by atoms with Gasteiger partial charge in [-0.15, -0.1) is 0 Å². The average molecular weight is 339 g/mol. The van der Waals surface area contributed by atoms with Crippen molar-refractivity contribution >= 4 is 11.6 Å². The van der Waals surface area contributed by atoms with Gasteiger partial charge in [0.1, 0.15) is 12.3 Å². The third-order valence-corrected chi connectivity index (χ3v) is 3.38. The molecule has 0 spiro atoms. The Morgan fingerprint density at radius 3 is 2.42 bits per heavy atom. The number of hydrogen-bond donors (Lipinski definition) is 2. The fourth-order valence-electron chi connectivity index (χ4n) is 2.18. The van der Waals surface area contributed by atoms with Crippen LogP contribution >= 0.6 is 0 Å². The lowest BCUT2D eigenvalue weighted by Gasteiger charge is -2.09. The van der Waals surface area contributed by atoms with Crippen molar-refractivity contribution in [1.82, 2.24) is 0 Å². The minimum atomic E-state index is -4.38. The molecule has 0 aromatic heterocycles. The molecule has 0 heterocycles. The SMILES string of the molecule is COc1ccccc1C[NH2+]CC(=O)Nc1ccc(C(F)(F)F)cc1. The van der Waals surface area contributed by atoms with E-state index in [1.165, 1.54) is 12.1 Å². The summed E-state index contributed by atoms with van der Waals surface area (Å²) in [5, 5.41) is 4.36. The maximum Gasteiger partial charge on any atom is 0.416 e. The van der Waals surface area contributed by atoms with Crippen molar-refractivity contribution in [3.8, 4) is 5.75 Å². The van der Waals surface area contributed by atoms with Gasteiger partial charge in [0, 0.05) is 11.3 Å². The van der Waals surface area contributed by atoms with E-state index in [1.807, 2.05) is 24.3 Å². The Morgan fingerprint density at radius 1 is 1.12 bits per heavy atom. The number of carbonyl (C=O) groups excluding carboxylic acids is 1. The summed E-state index contributed by atoms with van der Waals surface area (Å²) in [6, 6.07) is 11.8. The summed E-state index contributed by atoms with van der Waals surface area (Å²) in [5.74, 6) is 0.460. The summed E-state index contributed by atoms with van der Waals surface area (Å²) < 4.78 is 42.6. The third kappa shape index (κ3) is 4.99. The maximum atomic E-state index is 12.5. The Balaban J connectivity index is 1.83. The van der Waals surface area contributed by atoms with Gasteiger partial charge in [-0.3, -0.25) is 4.79 Å². The molecule has 0 saturated carbocycles. The Labute approximate surface area is 137 Å². The zero-order valence-electron chi connectivity index (χ0n) is 13.1. The quantitative estimate of drug-likeness (QED) is 0.849. The van der Waals surface area contributed by atoms with Crippen LogP contribution in [0.25, 0.3) is 0 Å². The number of nitrogens with one attached hydrogen (secondary N) is 1. The smallest absolute Gasteiger partial charge is 0.416 e. The topological polar surface area (TPSA) is 54.9 Å². The van der Waals surface area contributed by atoms with Crippen LogP contribution in [0.5, 0.6) is 5.75 Å². The summed E-state index contributed by atoms with van der Waals surface area (Å²) in [7, 11) is 1.58. The predicted molar refractivity (Wildman–Crippen MR) is 83.6 cm³/mol. The molecule has 7 heteroatoms. The largest absolute Gasteiger partial charge is 0.496 e. The summed E-state index contributed by atoms with van der Waals surface area (Å²) in [6.45, 7) is 0.712. The van der Waals surface area contributed by atoms with Crippen LogP contribution in [-0.4, -0.2) is 19.6 Å². The van der Waals surface area contributed by atoms with E-state index in [9.17, 15) is 18.0 Å². The lowest BCUT2D eigenvalue weighted by atomic mass is 10.2. The minimum absolute atomic E-state index is 0.152. The van der Waals surface area contributed by atoms with Gasteiger partial charge in [-0.25, -0.2) is 0 Å². The van der Waals surface area contributed by atoms with Gasteiger partial charge < -0.3 is 15.4 Å². The fraction of sp³-hybridized carbons (Fsp3) is 0.235. The molecule has 3 N–H and O–H groups in total. The second kappa shape index (κ2) is 7.83. The Morgan fingerprint density at radius 2 is 1.79 bits per heavy atom. The molecule has 0 aliphatic rings. The lowest BCUT2D eigenvalue weighted by Crippen LogP contribution is -2.84. The minimum Gasteiger partial charge on any atom is -0.496 e. The van der Waals surface area contributed by atoms with E-state index in [2.05, 4.69) is 5.32 Å². The number of quaternary nitrogens is 1. The molecule has 128 valence electrons. The van der Waals surface area contributed by atoms with Crippen molar-refractivity contribution < 1.29 is 28.0 Å². The molecule has 0 aliphatic carbocycles. The highest BCUT2D eigenvalue weighted by molar-refractivity contribution is 5.91. The van der Waals surface area contributed by atoms with Crippen LogP contribution in [-0.2, 0) is 17.5 Å². The van der Waals surface area contributed by atoms with E-state index in [4.69, 9.17) is 4.74 Å². The molecule has 0 fully saturated rings. The molecular formula is C17H18F3N2O2+. The lowest BCUT2D eigenvalue weighted by molar-refractivity contribution is -0.659. The number of para-hydroxylation sites is 1. The van der Waals surface area contributed by atoms with Gasteiger partial charge in [0.05, 0.1) is 12.7 Å². The van der Waals surface area contributed by atoms with E-state index in [0.717, 1.165) is 23.4 Å². The molecule has 2 aromatic carbocycles. The number of methoxy groups -OCH3 is 1. The zero-order chi connectivity index (χ0) is 17.6. The molecule has 0 saturated heterocycles. The van der Waals surface area contributed by atoms with Gasteiger partial charge >= 0.3 is 6.18 Å². The van der Waals surface area contributed by atoms with Gasteiger partial charge in [0.25, 0.3) is 5.91 Å². The molecule has 2 rings (SSSR count). The molecule has 4 nitrogen and oxygen atoms in total. The van der Waals surface area contributed by atoms with Gasteiger partial charge in [-0.2, -0.15) is 13.2 Å². The molecule has 0 radical (unpaired) electrons. The van der Waals surface area contributed by atoms with Gasteiger partial charge in [0.2, 0.25) is 0 Å². The number of benzene rings is 2. The normalized spacial score (nSPS) is 11.2. The number of rotatable bonds is 6. The van der Waals surface area contributed by atoms with Crippen molar-refractivity contribution in [2.75, 3.05) is 19.0 Å². The highest BCUT2D eigenvalue weighted by Crippen LogP contribution is 2.29. The van der Waals surface area contributed by atoms with E-state index in [-0.39, 0.29) is 12.5 Å². The Hall–Kier alpha value is -2.54. The number of hydrogen-bond acceptors (Lipinski definition) is 2. The van der Waals surface area contributed by atoms with E-state index in [1.54, 1.807) is 12.4 Å². The maximum absolute atomic E-state index is 12.5. The molecular weight excluding hydrogens is 321 g/mol. The second-order valence-corrected chi connectivity index (χ2v) is 5.13. The third-order valence-electron chi connectivity index (χ3n) is 3.38. The number of alkyl halides is 3. The zero-order valence-corrected chi connectivity index (χ0v) is 13.1. The standard InChI is InChI=1S/C17H17F3N2O2/c1-24-15-5-3-2-4-12(15)10-21-11-16(23)22-14-8-6-13(7-9-14)17(18,19)20/h2-9,21H,10-11H2,1H3,(H,22,23)/p+1. The van der Waals surface area contributed by atoms with Crippen LogP contribution in [0.3, 0.4) is 0 Å². The molecule has 0 aliphatic heterocycles. The summed E-state index contributed by atoms with van der Waals surface area (Å²) >= 11 is 0. The molecule has 0 atom stereocenters. The highest BCUT2D eigenvalue weighted by Gasteiger charge is 2.29. The van der Waals surface area contributed by atoms with E-state index >= 15 is 0 Å². The van der Waals surface area contributed by atoms with Crippen LogP contribution in [0.15, 0.2) is 48.5 Å². The highest BCUT2D eigenvalue weighted by atomic mass is 19.4. The van der Waals surface area contributed by atoms with Crippen molar-refractivity contribution in [3.05, 3.63) is 59.7 Å². The molecule has 0 bridgehead atoms. The van der Waals surface area contributed by atoms with Crippen LogP contribution < -0.4 is 15.4 Å². The van der Waals surface area contributed by atoms with Crippen LogP contribution in [0.4, 0.5) is 18.9 Å². The summed E-state index contributed by atoms with van der Waals surface area (Å²) in [5.41, 5.74) is 0.546. The number of ether oxygens (including phenoxy) is 1. The van der Waals surface area contributed by atoms with Gasteiger partial charge in [-0.1, -0.05) is 12.1 Å². The molecule has 2 aromatic rings. The molecule has 0 unspecified atom stereocenters. The average Bonchev–Trinajstić information content (AvgIpc) is 2.55. The number of amides is 1. The monoisotopic (exact) mass is 339 g/mol. The van der Waals surface area contributed by atoms with Gasteiger partial charge in [0.15, 0.2) is 6.54 Å². The second-order valence-electron chi connectivity index (χ2n) is 5.13. The van der Waals surface area contributed by atoms with Crippen LogP contribution in [0.2, 0.25) is 0 Å². The first kappa shape index (κ1) is 17.8. The molecule has 24 heavy (non-hydrogen) atoms. The number of carbonyl (C=O) groups is 1. The van der Waals surface area contributed by atoms with Crippen molar-refractivity contribution in [1.29, 1.82) is 0 Å². The van der Waals surface area contributed by atoms with E-state index < -0.39 is 11.7 Å². The number of halogens is 3. The molecule has 1 amide bonds. The van der Waals surface area contributed by atoms with Gasteiger partial charge in [-0.05, 0) is 36.4 Å². The Kier molecular flexibility index (Phi) is 5.81.